The summed E-state index contributed by atoms with van der Waals surface area (Å²) in [5, 5.41) is 22.3. The number of furan rings is 1. The van der Waals surface area contributed by atoms with Crippen LogP contribution >= 0.6 is 0 Å². The van der Waals surface area contributed by atoms with Crippen LogP contribution in [0.1, 0.15) is 42.7 Å². The smallest absolute Gasteiger partial charge is 0.395 e. The lowest BCUT2D eigenvalue weighted by Crippen LogP contribution is -2.48. The number of nitrogens with zero attached hydrogens (tertiary/aromatic N) is 2. The Morgan fingerprint density at radius 1 is 1.42 bits per heavy atom. The fraction of sp³-hybridized carbons (Fsp3) is 0.500. The van der Waals surface area contributed by atoms with E-state index >= 15 is 0 Å². The average Bonchev–Trinajstić information content (AvgIpc) is 2.89. The molecule has 1 heterocycles. The largest absolute Gasteiger partial charge is 0.433 e. The molecule has 7 nitrogen and oxygen atoms in total. The molecule has 1 fully saturated rings. The third-order valence-electron chi connectivity index (χ3n) is 3.27. The van der Waals surface area contributed by atoms with Gasteiger partial charge in [0.05, 0.1) is 12.1 Å². The Bertz CT molecular complexity index is 537. The summed E-state index contributed by atoms with van der Waals surface area (Å²) >= 11 is 0. The van der Waals surface area contributed by atoms with Crippen LogP contribution in [0, 0.1) is 21.4 Å². The first kappa shape index (κ1) is 13.1. The van der Waals surface area contributed by atoms with Gasteiger partial charge in [0.15, 0.2) is 5.76 Å². The van der Waals surface area contributed by atoms with Crippen LogP contribution in [0.15, 0.2) is 16.5 Å². The molecule has 1 aliphatic rings. The summed E-state index contributed by atoms with van der Waals surface area (Å²) in [5.74, 6) is -1.22. The monoisotopic (exact) mass is 263 g/mol. The first-order chi connectivity index (χ1) is 9.06. The van der Waals surface area contributed by atoms with Gasteiger partial charge >= 0.3 is 5.88 Å². The molecule has 1 aromatic heterocycles. The molecule has 0 aliphatic heterocycles. The molecule has 19 heavy (non-hydrogen) atoms. The molecule has 100 valence electrons. The Morgan fingerprint density at radius 2 is 2.11 bits per heavy atom. The molecule has 1 aliphatic carbocycles. The Balaban J connectivity index is 2.11. The molecule has 0 saturated heterocycles. The van der Waals surface area contributed by atoms with Crippen molar-refractivity contribution in [2.75, 3.05) is 0 Å². The second-order valence-corrected chi connectivity index (χ2v) is 4.60. The van der Waals surface area contributed by atoms with Crippen molar-refractivity contribution in [3.8, 4) is 6.07 Å². The summed E-state index contributed by atoms with van der Waals surface area (Å²) in [6.45, 7) is 0. The zero-order valence-corrected chi connectivity index (χ0v) is 10.2. The maximum Gasteiger partial charge on any atom is 0.433 e. The van der Waals surface area contributed by atoms with E-state index in [-0.39, 0.29) is 5.76 Å². The molecule has 1 amide bonds. The van der Waals surface area contributed by atoms with Gasteiger partial charge in [0.2, 0.25) is 0 Å². The number of carbonyl (C=O) groups excluding carboxylic acids is 1. The number of hydrogen-bond donors (Lipinski definition) is 1. The Morgan fingerprint density at radius 3 is 2.63 bits per heavy atom. The number of nitrogens with one attached hydrogen (secondary N) is 1. The van der Waals surface area contributed by atoms with Crippen LogP contribution in [-0.4, -0.2) is 16.4 Å². The molecule has 0 spiro atoms. The molecule has 0 aromatic carbocycles. The topological polar surface area (TPSA) is 109 Å². The molecule has 0 radical (unpaired) electrons. The van der Waals surface area contributed by atoms with Crippen molar-refractivity contribution in [1.29, 1.82) is 5.26 Å². The summed E-state index contributed by atoms with van der Waals surface area (Å²) < 4.78 is 4.82. The average molecular weight is 263 g/mol. The van der Waals surface area contributed by atoms with E-state index in [0.29, 0.717) is 12.8 Å². The summed E-state index contributed by atoms with van der Waals surface area (Å²) in [7, 11) is 0. The molecule has 1 N–H and O–H groups in total. The molecule has 0 unspecified atom stereocenters. The highest BCUT2D eigenvalue weighted by Gasteiger charge is 2.34. The zero-order chi connectivity index (χ0) is 13.9. The van der Waals surface area contributed by atoms with E-state index < -0.39 is 22.3 Å². The van der Waals surface area contributed by atoms with Gasteiger partial charge in [0, 0.05) is 0 Å². The SMILES string of the molecule is N#CC1(NC(=O)c2ccc([N+](=O)[O-])o2)CCCCC1. The van der Waals surface area contributed by atoms with Crippen molar-refractivity contribution in [1.82, 2.24) is 5.32 Å². The standard InChI is InChI=1S/C12H13N3O4/c13-8-12(6-2-1-3-7-12)14-11(16)9-4-5-10(19-9)15(17)18/h4-5H,1-3,6-7H2,(H,14,16). The van der Waals surface area contributed by atoms with Crippen LogP contribution in [0.25, 0.3) is 0 Å². The quantitative estimate of drug-likeness (QED) is 0.663. The van der Waals surface area contributed by atoms with Gasteiger partial charge < -0.3 is 9.73 Å². The van der Waals surface area contributed by atoms with E-state index in [4.69, 9.17) is 4.42 Å². The Hall–Kier alpha value is -2.36. The third-order valence-corrected chi connectivity index (χ3v) is 3.27. The Kier molecular flexibility index (Phi) is 3.51. The molecular formula is C12H13N3O4. The summed E-state index contributed by atoms with van der Waals surface area (Å²) in [5.41, 5.74) is -0.878. The van der Waals surface area contributed by atoms with Gasteiger partial charge in [0.1, 0.15) is 10.5 Å². The van der Waals surface area contributed by atoms with E-state index in [1.165, 1.54) is 6.07 Å². The number of rotatable bonds is 3. The number of hydrogen-bond acceptors (Lipinski definition) is 5. The number of nitriles is 1. The van der Waals surface area contributed by atoms with Crippen molar-refractivity contribution in [3.63, 3.8) is 0 Å². The highest BCUT2D eigenvalue weighted by Crippen LogP contribution is 2.28. The van der Waals surface area contributed by atoms with E-state index in [0.717, 1.165) is 25.3 Å². The summed E-state index contributed by atoms with van der Waals surface area (Å²) in [6, 6.07) is 4.50. The van der Waals surface area contributed by atoms with Gasteiger partial charge in [-0.3, -0.25) is 14.9 Å². The summed E-state index contributed by atoms with van der Waals surface area (Å²) in [6.07, 6.45) is 4.00. The maximum absolute atomic E-state index is 11.9. The summed E-state index contributed by atoms with van der Waals surface area (Å²) in [4.78, 5) is 21.7. The van der Waals surface area contributed by atoms with Gasteiger partial charge in [-0.2, -0.15) is 5.26 Å². The van der Waals surface area contributed by atoms with Crippen LogP contribution in [0.2, 0.25) is 0 Å². The van der Waals surface area contributed by atoms with Crippen LogP contribution in [0.4, 0.5) is 5.88 Å². The molecule has 0 atom stereocenters. The van der Waals surface area contributed by atoms with Gasteiger partial charge in [-0.1, -0.05) is 19.3 Å². The number of nitro groups is 1. The van der Waals surface area contributed by atoms with Crippen molar-refractivity contribution < 1.29 is 14.1 Å². The zero-order valence-electron chi connectivity index (χ0n) is 10.2. The van der Waals surface area contributed by atoms with Gasteiger partial charge in [0.25, 0.3) is 5.91 Å². The first-order valence-corrected chi connectivity index (χ1v) is 6.04. The first-order valence-electron chi connectivity index (χ1n) is 6.04. The van der Waals surface area contributed by atoms with Gasteiger partial charge in [-0.05, 0) is 18.9 Å². The number of amides is 1. The van der Waals surface area contributed by atoms with Crippen molar-refractivity contribution in [2.24, 2.45) is 0 Å². The second kappa shape index (κ2) is 5.10. The fourth-order valence-electron chi connectivity index (χ4n) is 2.25. The predicted molar refractivity (Wildman–Crippen MR) is 64.3 cm³/mol. The van der Waals surface area contributed by atoms with Crippen molar-refractivity contribution in [3.05, 3.63) is 28.0 Å². The van der Waals surface area contributed by atoms with E-state index in [9.17, 15) is 20.2 Å². The maximum atomic E-state index is 11.9. The molecule has 1 aromatic rings. The van der Waals surface area contributed by atoms with Crippen LogP contribution in [0.5, 0.6) is 0 Å². The van der Waals surface area contributed by atoms with E-state index in [1.54, 1.807) is 0 Å². The van der Waals surface area contributed by atoms with Crippen LogP contribution in [0.3, 0.4) is 0 Å². The molecule has 1 saturated carbocycles. The van der Waals surface area contributed by atoms with E-state index in [1.807, 2.05) is 0 Å². The highest BCUT2D eigenvalue weighted by molar-refractivity contribution is 5.92. The predicted octanol–water partition coefficient (Wildman–Crippen LogP) is 2.14. The van der Waals surface area contributed by atoms with Crippen LogP contribution < -0.4 is 5.32 Å². The fourth-order valence-corrected chi connectivity index (χ4v) is 2.25. The molecule has 7 heteroatoms. The van der Waals surface area contributed by atoms with Gasteiger partial charge in [-0.15, -0.1) is 0 Å². The molecule has 2 rings (SSSR count). The van der Waals surface area contributed by atoms with Crippen molar-refractivity contribution >= 4 is 11.8 Å². The minimum absolute atomic E-state index is 0.146. The Labute approximate surface area is 109 Å². The third kappa shape index (κ3) is 2.73. The lowest BCUT2D eigenvalue weighted by molar-refractivity contribution is -0.402. The normalized spacial score (nSPS) is 17.4. The van der Waals surface area contributed by atoms with E-state index in [2.05, 4.69) is 11.4 Å². The molecular weight excluding hydrogens is 250 g/mol. The highest BCUT2D eigenvalue weighted by atomic mass is 16.6. The minimum Gasteiger partial charge on any atom is -0.395 e. The van der Waals surface area contributed by atoms with Gasteiger partial charge in [-0.25, -0.2) is 0 Å². The lowest BCUT2D eigenvalue weighted by atomic mass is 9.83. The van der Waals surface area contributed by atoms with Crippen LogP contribution in [-0.2, 0) is 0 Å². The molecule has 0 bridgehead atoms. The number of carbonyl (C=O) groups is 1. The van der Waals surface area contributed by atoms with Crippen molar-refractivity contribution in [2.45, 2.75) is 37.6 Å². The second-order valence-electron chi connectivity index (χ2n) is 4.60. The minimum atomic E-state index is -0.878. The lowest BCUT2D eigenvalue weighted by Gasteiger charge is -2.31.